The van der Waals surface area contributed by atoms with Gasteiger partial charge in [0.15, 0.2) is 0 Å². The van der Waals surface area contributed by atoms with E-state index in [-0.39, 0.29) is 10.8 Å². The van der Waals surface area contributed by atoms with Crippen molar-refractivity contribution in [1.29, 1.82) is 0 Å². The van der Waals surface area contributed by atoms with Crippen LogP contribution in [0.3, 0.4) is 0 Å². The highest BCUT2D eigenvalue weighted by atomic mass is 79.9. The molecule has 0 saturated carbocycles. The molecule has 0 fully saturated rings. The third kappa shape index (κ3) is 4.25. The van der Waals surface area contributed by atoms with Crippen molar-refractivity contribution >= 4 is 59.3 Å². The molecule has 6 aromatic carbocycles. The quantitative estimate of drug-likeness (QED) is 0.178. The largest absolute Gasteiger partial charge is 0.292 e. The Bertz CT molecular complexity index is 2130. The maximum atomic E-state index is 5.55. The summed E-state index contributed by atoms with van der Waals surface area (Å²) in [6.45, 7) is 13.8. The number of imidazole rings is 1. The van der Waals surface area contributed by atoms with Crippen molar-refractivity contribution in [2.75, 3.05) is 0 Å². The zero-order valence-corrected chi connectivity index (χ0v) is 26.7. The molecular weight excluding hydrogens is 576 g/mol. The highest BCUT2D eigenvalue weighted by Gasteiger charge is 2.25. The van der Waals surface area contributed by atoms with Crippen LogP contribution in [0.4, 0.5) is 0 Å². The molecule has 7 rings (SSSR count). The van der Waals surface area contributed by atoms with Gasteiger partial charge in [-0.1, -0.05) is 142 Å². The summed E-state index contributed by atoms with van der Waals surface area (Å²) in [6.07, 6.45) is 0. The van der Waals surface area contributed by atoms with Gasteiger partial charge in [-0.3, -0.25) is 4.57 Å². The van der Waals surface area contributed by atoms with Crippen LogP contribution in [-0.2, 0) is 10.8 Å². The van der Waals surface area contributed by atoms with Crippen LogP contribution >= 0.6 is 15.9 Å². The fraction of sp³-hybridized carbons (Fsp3) is 0.205. The minimum atomic E-state index is -0.0101. The molecule has 0 aliphatic rings. The van der Waals surface area contributed by atoms with Gasteiger partial charge in [0.2, 0.25) is 0 Å². The first-order valence-electron chi connectivity index (χ1n) is 14.7. The van der Waals surface area contributed by atoms with E-state index < -0.39 is 0 Å². The topological polar surface area (TPSA) is 17.8 Å². The number of aromatic nitrogens is 2. The van der Waals surface area contributed by atoms with Crippen LogP contribution in [0.5, 0.6) is 0 Å². The molecule has 1 aromatic heterocycles. The number of nitrogens with zero attached hydrogens (tertiary/aromatic N) is 2. The zero-order chi connectivity index (χ0) is 29.4. The smallest absolute Gasteiger partial charge is 0.146 e. The summed E-state index contributed by atoms with van der Waals surface area (Å²) >= 11 is 3.89. The Morgan fingerprint density at radius 2 is 1.14 bits per heavy atom. The SMILES string of the molecule is CC(C)(C)c1cc(-n2c(-c3cccc4cccc(Br)c34)nc3c4ccccc4c4ccccc4c32)cc(C(C)(C)C)c1. The van der Waals surface area contributed by atoms with Crippen molar-refractivity contribution in [3.8, 4) is 17.1 Å². The molecule has 7 aromatic rings. The molecule has 3 heteroatoms. The van der Waals surface area contributed by atoms with Crippen molar-refractivity contribution < 1.29 is 0 Å². The normalized spacial score (nSPS) is 12.6. The molecule has 0 N–H and O–H groups in total. The molecule has 42 heavy (non-hydrogen) atoms. The maximum Gasteiger partial charge on any atom is 0.146 e. The Labute approximate surface area is 256 Å². The summed E-state index contributed by atoms with van der Waals surface area (Å²) in [4.78, 5) is 5.55. The highest BCUT2D eigenvalue weighted by Crippen LogP contribution is 2.43. The summed E-state index contributed by atoms with van der Waals surface area (Å²) in [6, 6.07) is 37.6. The summed E-state index contributed by atoms with van der Waals surface area (Å²) < 4.78 is 3.51. The average Bonchev–Trinajstić information content (AvgIpc) is 3.37. The van der Waals surface area contributed by atoms with Crippen LogP contribution in [-0.4, -0.2) is 9.55 Å². The Hall–Kier alpha value is -3.95. The highest BCUT2D eigenvalue weighted by molar-refractivity contribution is 9.10. The molecule has 0 aliphatic heterocycles. The van der Waals surface area contributed by atoms with E-state index in [1.54, 1.807) is 0 Å². The van der Waals surface area contributed by atoms with Gasteiger partial charge in [0.25, 0.3) is 0 Å². The van der Waals surface area contributed by atoms with E-state index in [0.29, 0.717) is 0 Å². The monoisotopic (exact) mass is 610 g/mol. The second-order valence-electron chi connectivity index (χ2n) is 13.5. The van der Waals surface area contributed by atoms with Crippen LogP contribution in [0.2, 0.25) is 0 Å². The first-order valence-corrected chi connectivity index (χ1v) is 15.5. The minimum Gasteiger partial charge on any atom is -0.292 e. The Balaban J connectivity index is 1.74. The van der Waals surface area contributed by atoms with E-state index in [1.165, 1.54) is 43.4 Å². The van der Waals surface area contributed by atoms with Gasteiger partial charge in [-0.2, -0.15) is 0 Å². The average molecular weight is 612 g/mol. The van der Waals surface area contributed by atoms with Gasteiger partial charge in [-0.15, -0.1) is 0 Å². The van der Waals surface area contributed by atoms with Crippen molar-refractivity contribution in [1.82, 2.24) is 9.55 Å². The third-order valence-electron chi connectivity index (χ3n) is 8.53. The second-order valence-corrected chi connectivity index (χ2v) is 14.3. The standard InChI is InChI=1S/C39H35BrN2/c1-38(2,3)25-21-26(39(4,5)6)23-27(22-25)42-36-31-18-10-8-16-29(31)28-15-7-9-17-30(28)35(36)41-37(42)32-19-11-13-24-14-12-20-33(40)34(24)32/h7-23H,1-6H3. The summed E-state index contributed by atoms with van der Waals surface area (Å²) in [5.41, 5.74) is 7.06. The summed E-state index contributed by atoms with van der Waals surface area (Å²) in [7, 11) is 0. The van der Waals surface area contributed by atoms with Crippen molar-refractivity contribution in [3.63, 3.8) is 0 Å². The van der Waals surface area contributed by atoms with Crippen molar-refractivity contribution in [2.45, 2.75) is 52.4 Å². The first kappa shape index (κ1) is 26.9. The van der Waals surface area contributed by atoms with Crippen LogP contribution in [0.15, 0.2) is 108 Å². The zero-order valence-electron chi connectivity index (χ0n) is 25.1. The first-order chi connectivity index (χ1) is 20.0. The van der Waals surface area contributed by atoms with E-state index in [0.717, 1.165) is 32.6 Å². The number of hydrogen-bond donors (Lipinski definition) is 0. The van der Waals surface area contributed by atoms with Gasteiger partial charge < -0.3 is 0 Å². The van der Waals surface area contributed by atoms with E-state index >= 15 is 0 Å². The van der Waals surface area contributed by atoms with Gasteiger partial charge in [-0.25, -0.2) is 4.98 Å². The van der Waals surface area contributed by atoms with Crippen LogP contribution < -0.4 is 0 Å². The molecule has 0 spiro atoms. The van der Waals surface area contributed by atoms with Gasteiger partial charge in [0, 0.05) is 31.9 Å². The van der Waals surface area contributed by atoms with Gasteiger partial charge in [-0.05, 0) is 56.3 Å². The molecule has 0 radical (unpaired) electrons. The lowest BCUT2D eigenvalue weighted by molar-refractivity contribution is 0.568. The Morgan fingerprint density at radius 1 is 0.595 bits per heavy atom. The lowest BCUT2D eigenvalue weighted by atomic mass is 9.80. The van der Waals surface area contributed by atoms with Crippen molar-refractivity contribution in [3.05, 3.63) is 119 Å². The fourth-order valence-electron chi connectivity index (χ4n) is 6.23. The van der Waals surface area contributed by atoms with Crippen LogP contribution in [0.25, 0.3) is 60.4 Å². The van der Waals surface area contributed by atoms with E-state index in [4.69, 9.17) is 4.98 Å². The van der Waals surface area contributed by atoms with Gasteiger partial charge >= 0.3 is 0 Å². The van der Waals surface area contributed by atoms with E-state index in [2.05, 4.69) is 165 Å². The molecule has 1 heterocycles. The summed E-state index contributed by atoms with van der Waals surface area (Å²) in [5.74, 6) is 0.954. The van der Waals surface area contributed by atoms with Crippen molar-refractivity contribution in [2.24, 2.45) is 0 Å². The lowest BCUT2D eigenvalue weighted by Gasteiger charge is -2.27. The summed E-state index contributed by atoms with van der Waals surface area (Å²) in [5, 5.41) is 7.23. The maximum absolute atomic E-state index is 5.55. The molecule has 0 amide bonds. The number of benzene rings is 6. The lowest BCUT2D eigenvalue weighted by Crippen LogP contribution is -2.17. The number of halogens is 1. The third-order valence-corrected chi connectivity index (χ3v) is 9.20. The molecule has 2 nitrogen and oxygen atoms in total. The van der Waals surface area contributed by atoms with Crippen LogP contribution in [0, 0.1) is 0 Å². The molecule has 0 unspecified atom stereocenters. The molecule has 0 aliphatic carbocycles. The van der Waals surface area contributed by atoms with Crippen LogP contribution in [0.1, 0.15) is 52.7 Å². The van der Waals surface area contributed by atoms with Gasteiger partial charge in [0.1, 0.15) is 5.82 Å². The predicted octanol–water partition coefficient (Wildman–Crippen LogP) is 11.5. The fourth-order valence-corrected chi connectivity index (χ4v) is 6.82. The minimum absolute atomic E-state index is 0.0101. The number of rotatable bonds is 2. The second kappa shape index (κ2) is 9.54. The molecule has 0 saturated heterocycles. The number of hydrogen-bond acceptors (Lipinski definition) is 1. The predicted molar refractivity (Wildman–Crippen MR) is 184 cm³/mol. The van der Waals surface area contributed by atoms with E-state index in [9.17, 15) is 0 Å². The Kier molecular flexibility index (Phi) is 6.11. The molecule has 208 valence electrons. The number of fused-ring (bicyclic) bond motifs is 7. The molecular formula is C39H35BrN2. The van der Waals surface area contributed by atoms with Gasteiger partial charge in [0.05, 0.1) is 11.0 Å². The van der Waals surface area contributed by atoms with E-state index in [1.807, 2.05) is 0 Å². The molecule has 0 bridgehead atoms. The Morgan fingerprint density at radius 3 is 1.76 bits per heavy atom. The molecule has 0 atom stereocenters.